The van der Waals surface area contributed by atoms with Crippen molar-refractivity contribution in [1.82, 2.24) is 0 Å². The number of rotatable bonds is 4. The van der Waals surface area contributed by atoms with E-state index in [4.69, 9.17) is 0 Å². The van der Waals surface area contributed by atoms with Crippen LogP contribution >= 0.6 is 0 Å². The maximum atomic E-state index is 3.92. The van der Waals surface area contributed by atoms with Crippen molar-refractivity contribution in [3.8, 4) is 0 Å². The zero-order chi connectivity index (χ0) is 15.1. The summed E-state index contributed by atoms with van der Waals surface area (Å²) in [6.07, 6.45) is 3.92. The smallest absolute Gasteiger partial charge is 1.00 e. The minimum absolute atomic E-state index is 0. The maximum Gasteiger partial charge on any atom is 3.00 e. The van der Waals surface area contributed by atoms with E-state index in [-0.39, 0.29) is 56.4 Å². The van der Waals surface area contributed by atoms with Gasteiger partial charge in [-0.15, -0.1) is 27.8 Å². The Kier molecular flexibility index (Phi) is 10.6. The predicted octanol–water partition coefficient (Wildman–Crippen LogP) is -3.97. The Bertz CT molecular complexity index is 643. The van der Waals surface area contributed by atoms with Gasteiger partial charge in [-0.3, -0.25) is 0 Å². The number of fused-ring (bicyclic) bond motifs is 1. The molecule has 1 radical (unpaired) electrons. The zero-order valence-corrected chi connectivity index (χ0v) is 21.4. The summed E-state index contributed by atoms with van der Waals surface area (Å²) >= 11 is 0. The molecule has 0 atom stereocenters. The van der Waals surface area contributed by atoms with Crippen LogP contribution in [0.5, 0.6) is 0 Å². The molecule has 0 aromatic heterocycles. The average Bonchev–Trinajstić information content (AvgIpc) is 2.75. The van der Waals surface area contributed by atoms with Crippen LogP contribution in [0.25, 0.3) is 11.3 Å². The Labute approximate surface area is 177 Å². The fourth-order valence-electron chi connectivity index (χ4n) is 3.83. The van der Waals surface area contributed by atoms with E-state index >= 15 is 0 Å². The molecule has 125 valence electrons. The van der Waals surface area contributed by atoms with Crippen LogP contribution < -0.4 is 35.3 Å². The van der Waals surface area contributed by atoms with Gasteiger partial charge in [0, 0.05) is 0 Å². The van der Waals surface area contributed by atoms with E-state index in [1.54, 1.807) is 5.20 Å². The molecule has 0 heterocycles. The van der Waals surface area contributed by atoms with Crippen LogP contribution in [0.15, 0.2) is 24.3 Å². The first-order chi connectivity index (χ1) is 9.27. The van der Waals surface area contributed by atoms with Gasteiger partial charge in [0.2, 0.25) is 0 Å². The molecule has 0 aliphatic heterocycles. The third-order valence-corrected chi connectivity index (χ3v) is 11.0. The van der Waals surface area contributed by atoms with Crippen molar-refractivity contribution in [3.05, 3.63) is 34.7 Å². The van der Waals surface area contributed by atoms with E-state index in [0.717, 1.165) is 0 Å². The Morgan fingerprint density at radius 2 is 1.52 bits per heavy atom. The molecule has 0 spiro atoms. The van der Waals surface area contributed by atoms with Gasteiger partial charge in [-0.1, -0.05) is 46.9 Å². The van der Waals surface area contributed by atoms with Crippen LogP contribution in [0, 0.1) is 17.3 Å². The van der Waals surface area contributed by atoms with Crippen molar-refractivity contribution < 1.29 is 51.0 Å². The summed E-state index contributed by atoms with van der Waals surface area (Å²) < 4.78 is 0. The topological polar surface area (TPSA) is 0 Å². The van der Waals surface area contributed by atoms with Crippen LogP contribution in [0.4, 0.5) is 0 Å². The van der Waals surface area contributed by atoms with Crippen molar-refractivity contribution in [2.45, 2.75) is 40.8 Å². The minimum Gasteiger partial charge on any atom is -1.00 e. The molecule has 1 aromatic carbocycles. The third kappa shape index (κ3) is 4.29. The second-order valence-electron chi connectivity index (χ2n) is 7.15. The summed E-state index contributed by atoms with van der Waals surface area (Å²) in [6.45, 7) is 14.4. The zero-order valence-electron chi connectivity index (χ0n) is 15.0. The molecule has 1 aromatic rings. The van der Waals surface area contributed by atoms with Crippen LogP contribution in [0.1, 0.15) is 27.7 Å². The molecule has 0 nitrogen and oxygen atoms in total. The number of hydrogen-bond acceptors (Lipinski definition) is 0. The molecule has 0 saturated heterocycles. The van der Waals surface area contributed by atoms with E-state index in [9.17, 15) is 0 Å². The fraction of sp³-hybridized carbons (Fsp3) is 0.500. The monoisotopic (exact) mass is 459 g/mol. The van der Waals surface area contributed by atoms with Crippen LogP contribution in [0.3, 0.4) is 0 Å². The normalized spacial score (nSPS) is 15.0. The van der Waals surface area contributed by atoms with Gasteiger partial charge < -0.3 is 24.8 Å². The van der Waals surface area contributed by atoms with Gasteiger partial charge in [0.15, 0.2) is 0 Å². The Balaban J connectivity index is 0. The Hall–Kier alpha value is 0.727. The number of halogens is 2. The molecular formula is C18H27Cl2Si2Zr. The second kappa shape index (κ2) is 9.43. The first kappa shape index (κ1) is 26.0. The average molecular weight is 462 g/mol. The van der Waals surface area contributed by atoms with E-state index in [2.05, 4.69) is 76.4 Å². The summed E-state index contributed by atoms with van der Waals surface area (Å²) in [5.41, 5.74) is 0.108. The van der Waals surface area contributed by atoms with Gasteiger partial charge in [0.25, 0.3) is 0 Å². The largest absolute Gasteiger partial charge is 3.00 e. The van der Waals surface area contributed by atoms with E-state index in [0.29, 0.717) is 11.8 Å². The third-order valence-electron chi connectivity index (χ3n) is 4.93. The molecule has 2 rings (SSSR count). The van der Waals surface area contributed by atoms with Crippen molar-refractivity contribution in [1.29, 1.82) is 0 Å². The molecule has 0 amide bonds. The number of hydrogen-bond donors (Lipinski definition) is 0. The van der Waals surface area contributed by atoms with E-state index in [1.165, 1.54) is 10.4 Å². The van der Waals surface area contributed by atoms with Crippen molar-refractivity contribution >= 4 is 34.5 Å². The molecule has 23 heavy (non-hydrogen) atoms. The van der Waals surface area contributed by atoms with E-state index in [1.807, 2.05) is 9.85 Å². The molecule has 1 aliphatic rings. The fourth-order valence-corrected chi connectivity index (χ4v) is 7.27. The van der Waals surface area contributed by atoms with Gasteiger partial charge in [0.1, 0.15) is 0 Å². The van der Waals surface area contributed by atoms with Crippen molar-refractivity contribution in [3.63, 3.8) is 0 Å². The first-order valence-electron chi connectivity index (χ1n) is 7.66. The quantitative estimate of drug-likeness (QED) is 0.317. The van der Waals surface area contributed by atoms with Gasteiger partial charge in [0.05, 0.1) is 8.07 Å². The second-order valence-corrected chi connectivity index (χ2v) is 12.7. The maximum absolute atomic E-state index is 3.92. The van der Waals surface area contributed by atoms with Crippen molar-refractivity contribution in [2.75, 3.05) is 0 Å². The number of benzene rings is 1. The standard InChI is InChI=1S/C18H27Si2.2ClH.Zr/c1-13(2)18(14(3)4)11-15-9-7-8-10-16(15)17(18)20(5,6)12-19;;;/h7-10,12-14H,19H2,1-6H3;2*1H;/q-1;;;+3/p-2. The molecule has 0 fully saturated rings. The molecule has 5 heteroatoms. The summed E-state index contributed by atoms with van der Waals surface area (Å²) in [7, 11) is 0.515. The molecule has 0 saturated carbocycles. The Morgan fingerprint density at radius 1 is 1.04 bits per heavy atom. The summed E-state index contributed by atoms with van der Waals surface area (Å²) in [5.74, 6) is 1.17. The molecule has 0 bridgehead atoms. The van der Waals surface area contributed by atoms with Crippen LogP contribution in [-0.4, -0.2) is 23.2 Å². The van der Waals surface area contributed by atoms with Crippen LogP contribution in [0.2, 0.25) is 13.1 Å². The van der Waals surface area contributed by atoms with Gasteiger partial charge in [-0.2, -0.15) is 17.4 Å². The Morgan fingerprint density at radius 3 is 1.96 bits per heavy atom. The summed E-state index contributed by atoms with van der Waals surface area (Å²) in [4.78, 5) is 0. The first-order valence-corrected chi connectivity index (χ1v) is 11.6. The van der Waals surface area contributed by atoms with Crippen molar-refractivity contribution in [2.24, 2.45) is 17.3 Å². The predicted molar refractivity (Wildman–Crippen MR) is 96.7 cm³/mol. The van der Waals surface area contributed by atoms with Crippen LogP contribution in [-0.2, 0) is 26.2 Å². The SMILES string of the molecule is CC(C)C1(C(C)C)[C-]=c2ccccc2=C1[Si](C)(C)C=[SiH2].[Cl-].[Cl-].[Zr+3]. The van der Waals surface area contributed by atoms with Gasteiger partial charge >= 0.3 is 26.2 Å². The molecule has 0 unspecified atom stereocenters. The minimum atomic E-state index is -1.51. The van der Waals surface area contributed by atoms with Gasteiger partial charge in [-0.05, 0) is 27.1 Å². The molecule has 1 aliphatic carbocycles. The molecule has 0 N–H and O–H groups in total. The van der Waals surface area contributed by atoms with Gasteiger partial charge in [-0.25, -0.2) is 0 Å². The van der Waals surface area contributed by atoms with E-state index < -0.39 is 8.07 Å². The molecular weight excluding hydrogens is 434 g/mol. The summed E-state index contributed by atoms with van der Waals surface area (Å²) in [5, 5.41) is 7.00. The summed E-state index contributed by atoms with van der Waals surface area (Å²) in [6, 6.07) is 8.88.